The summed E-state index contributed by atoms with van der Waals surface area (Å²) < 4.78 is 5.70. The summed E-state index contributed by atoms with van der Waals surface area (Å²) in [6.45, 7) is 6.90. The van der Waals surface area contributed by atoms with Crippen LogP contribution in [0.15, 0.2) is 24.3 Å². The second-order valence-electron chi connectivity index (χ2n) is 4.72. The van der Waals surface area contributed by atoms with Gasteiger partial charge in [0.2, 0.25) is 0 Å². The van der Waals surface area contributed by atoms with Gasteiger partial charge in [-0.25, -0.2) is 0 Å². The maximum Gasteiger partial charge on any atom is 0.0995 e. The molecule has 0 aromatic heterocycles. The second-order valence-corrected chi connectivity index (χ2v) is 4.72. The van der Waals surface area contributed by atoms with Crippen molar-refractivity contribution in [3.8, 4) is 6.07 Å². The van der Waals surface area contributed by atoms with Crippen LogP contribution in [0.5, 0.6) is 0 Å². The molecule has 1 aromatic rings. The summed E-state index contributed by atoms with van der Waals surface area (Å²) in [7, 11) is 0. The van der Waals surface area contributed by atoms with Gasteiger partial charge in [-0.2, -0.15) is 5.26 Å². The molecular weight excluding hydrogens is 212 g/mol. The molecule has 2 atom stereocenters. The Hall–Kier alpha value is -1.37. The van der Waals surface area contributed by atoms with Gasteiger partial charge < -0.3 is 4.74 Å². The molecule has 2 rings (SSSR count). The van der Waals surface area contributed by atoms with Gasteiger partial charge in [-0.3, -0.25) is 4.90 Å². The molecule has 17 heavy (non-hydrogen) atoms. The van der Waals surface area contributed by atoms with Gasteiger partial charge in [-0.15, -0.1) is 0 Å². The molecule has 0 aliphatic carbocycles. The highest BCUT2D eigenvalue weighted by Crippen LogP contribution is 2.16. The molecule has 1 aromatic carbocycles. The molecule has 3 heteroatoms. The normalized spacial score (nSPS) is 25.5. The average molecular weight is 230 g/mol. The maximum absolute atomic E-state index is 9.06. The van der Waals surface area contributed by atoms with E-state index in [-0.39, 0.29) is 12.2 Å². The van der Waals surface area contributed by atoms with Crippen molar-refractivity contribution in [2.24, 2.45) is 0 Å². The fourth-order valence-corrected chi connectivity index (χ4v) is 2.42. The van der Waals surface area contributed by atoms with Crippen LogP contribution in [0.3, 0.4) is 0 Å². The van der Waals surface area contributed by atoms with Crippen molar-refractivity contribution in [2.75, 3.05) is 13.1 Å². The first-order chi connectivity index (χ1) is 8.19. The van der Waals surface area contributed by atoms with Gasteiger partial charge in [0.25, 0.3) is 0 Å². The van der Waals surface area contributed by atoms with Gasteiger partial charge in [0.05, 0.1) is 23.8 Å². The molecule has 1 aliphatic rings. The number of ether oxygens (including phenoxy) is 1. The lowest BCUT2D eigenvalue weighted by atomic mass is 10.1. The Labute approximate surface area is 103 Å². The topological polar surface area (TPSA) is 36.3 Å². The smallest absolute Gasteiger partial charge is 0.0995 e. The van der Waals surface area contributed by atoms with Crippen molar-refractivity contribution in [3.05, 3.63) is 35.4 Å². The van der Waals surface area contributed by atoms with Crippen LogP contribution in [0.1, 0.15) is 25.0 Å². The number of benzene rings is 1. The minimum Gasteiger partial charge on any atom is -0.373 e. The van der Waals surface area contributed by atoms with Crippen molar-refractivity contribution in [3.63, 3.8) is 0 Å². The summed E-state index contributed by atoms with van der Waals surface area (Å²) in [6, 6.07) is 10.1. The first kappa shape index (κ1) is 12.1. The Morgan fingerprint density at radius 2 is 1.94 bits per heavy atom. The number of hydrogen-bond donors (Lipinski definition) is 0. The predicted molar refractivity (Wildman–Crippen MR) is 66.4 cm³/mol. The number of nitriles is 1. The van der Waals surface area contributed by atoms with Crippen molar-refractivity contribution < 1.29 is 4.74 Å². The van der Waals surface area contributed by atoms with E-state index in [0.717, 1.165) is 30.8 Å². The molecule has 0 N–H and O–H groups in total. The first-order valence-electron chi connectivity index (χ1n) is 6.05. The number of morpholine rings is 1. The summed E-state index contributed by atoms with van der Waals surface area (Å²) in [5.41, 5.74) is 1.88. The van der Waals surface area contributed by atoms with Gasteiger partial charge in [0.15, 0.2) is 0 Å². The second kappa shape index (κ2) is 5.31. The number of nitrogens with zero attached hydrogens (tertiary/aromatic N) is 2. The van der Waals surface area contributed by atoms with Crippen LogP contribution >= 0.6 is 0 Å². The van der Waals surface area contributed by atoms with Crippen LogP contribution < -0.4 is 0 Å². The molecular formula is C14H18N2O. The number of rotatable bonds is 2. The fraction of sp³-hybridized carbons (Fsp3) is 0.500. The summed E-state index contributed by atoms with van der Waals surface area (Å²) in [5.74, 6) is 0. The standard InChI is InChI=1S/C14H18N2O/c1-11-8-16(9-12(2)17-11)10-14-6-4-3-5-13(14)7-15/h3-6,11-12H,8-10H2,1-2H3/t11-,12+. The van der Waals surface area contributed by atoms with Gasteiger partial charge in [-0.05, 0) is 25.5 Å². The van der Waals surface area contributed by atoms with Crippen molar-refractivity contribution in [1.82, 2.24) is 4.90 Å². The highest BCUT2D eigenvalue weighted by molar-refractivity contribution is 5.37. The Balaban J connectivity index is 2.08. The van der Waals surface area contributed by atoms with Gasteiger partial charge >= 0.3 is 0 Å². The van der Waals surface area contributed by atoms with Crippen LogP contribution in [0.2, 0.25) is 0 Å². The molecule has 0 saturated carbocycles. The summed E-state index contributed by atoms with van der Waals surface area (Å²) in [4.78, 5) is 2.36. The summed E-state index contributed by atoms with van der Waals surface area (Å²) in [6.07, 6.45) is 0.543. The van der Waals surface area contributed by atoms with E-state index < -0.39 is 0 Å². The Kier molecular flexibility index (Phi) is 3.78. The molecule has 1 saturated heterocycles. The molecule has 1 aliphatic heterocycles. The molecule has 0 bridgehead atoms. The van der Waals surface area contributed by atoms with Crippen LogP contribution in [0, 0.1) is 11.3 Å². The van der Waals surface area contributed by atoms with E-state index in [2.05, 4.69) is 24.8 Å². The quantitative estimate of drug-likeness (QED) is 0.781. The lowest BCUT2D eigenvalue weighted by molar-refractivity contribution is -0.0705. The molecule has 90 valence electrons. The van der Waals surface area contributed by atoms with Crippen LogP contribution in [0.25, 0.3) is 0 Å². The molecule has 0 unspecified atom stereocenters. The number of hydrogen-bond acceptors (Lipinski definition) is 3. The monoisotopic (exact) mass is 230 g/mol. The zero-order valence-corrected chi connectivity index (χ0v) is 10.4. The van der Waals surface area contributed by atoms with E-state index in [4.69, 9.17) is 10.00 Å². The lowest BCUT2D eigenvalue weighted by Crippen LogP contribution is -2.44. The van der Waals surface area contributed by atoms with Crippen LogP contribution in [-0.2, 0) is 11.3 Å². The maximum atomic E-state index is 9.06. The molecule has 1 fully saturated rings. The van der Waals surface area contributed by atoms with Crippen molar-refractivity contribution >= 4 is 0 Å². The van der Waals surface area contributed by atoms with Crippen LogP contribution in [0.4, 0.5) is 0 Å². The Bertz CT molecular complexity index is 414. The third kappa shape index (κ3) is 3.06. The lowest BCUT2D eigenvalue weighted by Gasteiger charge is -2.35. The third-order valence-corrected chi connectivity index (χ3v) is 3.03. The van der Waals surface area contributed by atoms with Crippen molar-refractivity contribution in [2.45, 2.75) is 32.6 Å². The van der Waals surface area contributed by atoms with Gasteiger partial charge in [0.1, 0.15) is 0 Å². The molecule has 3 nitrogen and oxygen atoms in total. The molecule has 0 radical (unpaired) electrons. The van der Waals surface area contributed by atoms with Crippen molar-refractivity contribution in [1.29, 1.82) is 5.26 Å². The molecule has 1 heterocycles. The fourth-order valence-electron chi connectivity index (χ4n) is 2.42. The Morgan fingerprint density at radius 1 is 1.29 bits per heavy atom. The van der Waals surface area contributed by atoms with E-state index in [0.29, 0.717) is 0 Å². The first-order valence-corrected chi connectivity index (χ1v) is 6.05. The van der Waals surface area contributed by atoms with E-state index in [9.17, 15) is 0 Å². The SMILES string of the molecule is C[C@@H]1CN(Cc2ccccc2C#N)C[C@H](C)O1. The van der Waals surface area contributed by atoms with E-state index in [1.165, 1.54) is 0 Å². The third-order valence-electron chi connectivity index (χ3n) is 3.03. The largest absolute Gasteiger partial charge is 0.373 e. The average Bonchev–Trinajstić information content (AvgIpc) is 2.28. The zero-order chi connectivity index (χ0) is 12.3. The Morgan fingerprint density at radius 3 is 2.59 bits per heavy atom. The minimum atomic E-state index is 0.271. The van der Waals surface area contributed by atoms with E-state index in [1.54, 1.807) is 0 Å². The van der Waals surface area contributed by atoms with E-state index in [1.807, 2.05) is 24.3 Å². The minimum absolute atomic E-state index is 0.271. The zero-order valence-electron chi connectivity index (χ0n) is 10.4. The highest BCUT2D eigenvalue weighted by atomic mass is 16.5. The van der Waals surface area contributed by atoms with Gasteiger partial charge in [0, 0.05) is 19.6 Å². The van der Waals surface area contributed by atoms with Crippen LogP contribution in [-0.4, -0.2) is 30.2 Å². The molecule has 0 amide bonds. The summed E-state index contributed by atoms with van der Waals surface area (Å²) in [5, 5.41) is 9.06. The van der Waals surface area contributed by atoms with E-state index >= 15 is 0 Å². The summed E-state index contributed by atoms with van der Waals surface area (Å²) >= 11 is 0. The van der Waals surface area contributed by atoms with Gasteiger partial charge in [-0.1, -0.05) is 18.2 Å². The molecule has 0 spiro atoms. The highest BCUT2D eigenvalue weighted by Gasteiger charge is 2.22. The predicted octanol–water partition coefficient (Wildman–Crippen LogP) is 2.17.